The molecular weight excluding hydrogens is 292 g/mol. The summed E-state index contributed by atoms with van der Waals surface area (Å²) in [6.45, 7) is 8.13. The number of rotatable bonds is 2. The van der Waals surface area contributed by atoms with Crippen molar-refractivity contribution >= 4 is 27.5 Å². The van der Waals surface area contributed by atoms with Gasteiger partial charge in [-0.1, -0.05) is 13.8 Å². The third-order valence-corrected chi connectivity index (χ3v) is 4.28. The molecule has 0 aromatic carbocycles. The maximum atomic E-state index is 11.7. The Morgan fingerprint density at radius 3 is 2.78 bits per heavy atom. The first kappa shape index (κ1) is 13.5. The topological polar surface area (TPSA) is 33.2 Å². The van der Waals surface area contributed by atoms with Gasteiger partial charge in [0.2, 0.25) is 0 Å². The largest absolute Gasteiger partial charge is 0.356 e. The van der Waals surface area contributed by atoms with Gasteiger partial charge in [-0.3, -0.25) is 4.79 Å². The van der Waals surface area contributed by atoms with Crippen LogP contribution in [0.5, 0.6) is 0 Å². The van der Waals surface area contributed by atoms with Gasteiger partial charge in [0.1, 0.15) is 5.82 Å². The monoisotopic (exact) mass is 310 g/mol. The summed E-state index contributed by atoms with van der Waals surface area (Å²) in [6, 6.07) is 1.87. The Balaban J connectivity index is 2.30. The molecule has 18 heavy (non-hydrogen) atoms. The highest BCUT2D eigenvalue weighted by atomic mass is 79.9. The van der Waals surface area contributed by atoms with Crippen LogP contribution in [0.15, 0.2) is 16.7 Å². The zero-order valence-electron chi connectivity index (χ0n) is 11.1. The van der Waals surface area contributed by atoms with Crippen molar-refractivity contribution in [2.24, 2.45) is 11.8 Å². The second-order valence-corrected chi connectivity index (χ2v) is 6.19. The molecule has 0 N–H and O–H groups in total. The Bertz CT molecular complexity index is 461. The standard InChI is InChI=1S/C14H19BrN2O/c1-9-4-5-17(8-10(9)2)14-13(11(3)18)6-12(15)7-16-14/h6-7,9-10H,4-5,8H2,1-3H3. The second-order valence-electron chi connectivity index (χ2n) is 5.27. The summed E-state index contributed by atoms with van der Waals surface area (Å²) in [5, 5.41) is 0. The molecule has 1 aromatic heterocycles. The maximum absolute atomic E-state index is 11.7. The van der Waals surface area contributed by atoms with Crippen molar-refractivity contribution in [3.63, 3.8) is 0 Å². The Labute approximate surface area is 117 Å². The number of Topliss-reactive ketones (excluding diaryl/α,β-unsaturated/α-hetero) is 1. The molecular formula is C14H19BrN2O. The number of ketones is 1. The van der Waals surface area contributed by atoms with Gasteiger partial charge in [-0.15, -0.1) is 0 Å². The Hall–Kier alpha value is -0.900. The molecule has 1 saturated heterocycles. The van der Waals surface area contributed by atoms with Gasteiger partial charge in [0.25, 0.3) is 0 Å². The van der Waals surface area contributed by atoms with Crippen LogP contribution < -0.4 is 4.90 Å². The molecule has 4 heteroatoms. The first-order valence-electron chi connectivity index (χ1n) is 6.40. The lowest BCUT2D eigenvalue weighted by atomic mass is 9.88. The summed E-state index contributed by atoms with van der Waals surface area (Å²) >= 11 is 3.38. The molecule has 1 aliphatic heterocycles. The van der Waals surface area contributed by atoms with E-state index in [0.717, 1.165) is 35.7 Å². The van der Waals surface area contributed by atoms with Crippen LogP contribution in [0.4, 0.5) is 5.82 Å². The number of aromatic nitrogens is 1. The van der Waals surface area contributed by atoms with Gasteiger partial charge in [-0.05, 0) is 47.2 Å². The Kier molecular flexibility index (Phi) is 4.05. The van der Waals surface area contributed by atoms with Crippen LogP contribution in [0, 0.1) is 11.8 Å². The van der Waals surface area contributed by atoms with Gasteiger partial charge in [0.05, 0.1) is 5.56 Å². The zero-order chi connectivity index (χ0) is 13.3. The molecule has 0 bridgehead atoms. The molecule has 1 aliphatic rings. The van der Waals surface area contributed by atoms with E-state index in [1.807, 2.05) is 6.07 Å². The van der Waals surface area contributed by atoms with E-state index in [1.165, 1.54) is 0 Å². The number of piperidine rings is 1. The number of hydrogen-bond donors (Lipinski definition) is 0. The van der Waals surface area contributed by atoms with Crippen LogP contribution in [-0.2, 0) is 0 Å². The molecule has 2 heterocycles. The minimum absolute atomic E-state index is 0.0741. The van der Waals surface area contributed by atoms with Crippen LogP contribution in [0.25, 0.3) is 0 Å². The highest BCUT2D eigenvalue weighted by molar-refractivity contribution is 9.10. The third kappa shape index (κ3) is 2.74. The molecule has 3 nitrogen and oxygen atoms in total. The van der Waals surface area contributed by atoms with Crippen molar-refractivity contribution in [3.05, 3.63) is 22.3 Å². The summed E-state index contributed by atoms with van der Waals surface area (Å²) in [7, 11) is 0. The van der Waals surface area contributed by atoms with E-state index in [4.69, 9.17) is 0 Å². The molecule has 2 unspecified atom stereocenters. The van der Waals surface area contributed by atoms with E-state index >= 15 is 0 Å². The van der Waals surface area contributed by atoms with Gasteiger partial charge in [-0.2, -0.15) is 0 Å². The molecule has 0 amide bonds. The van der Waals surface area contributed by atoms with Crippen LogP contribution in [0.1, 0.15) is 37.6 Å². The third-order valence-electron chi connectivity index (χ3n) is 3.85. The Morgan fingerprint density at radius 2 is 2.17 bits per heavy atom. The molecule has 0 radical (unpaired) electrons. The highest BCUT2D eigenvalue weighted by Gasteiger charge is 2.25. The normalized spacial score (nSPS) is 24.1. The minimum Gasteiger partial charge on any atom is -0.356 e. The fourth-order valence-electron chi connectivity index (χ4n) is 2.40. The van der Waals surface area contributed by atoms with E-state index in [9.17, 15) is 4.79 Å². The lowest BCUT2D eigenvalue weighted by Crippen LogP contribution is -2.39. The number of nitrogens with zero attached hydrogens (tertiary/aromatic N) is 2. The highest BCUT2D eigenvalue weighted by Crippen LogP contribution is 2.29. The molecule has 2 rings (SSSR count). The van der Waals surface area contributed by atoms with Crippen molar-refractivity contribution in [1.29, 1.82) is 0 Å². The van der Waals surface area contributed by atoms with Crippen molar-refractivity contribution in [1.82, 2.24) is 4.98 Å². The molecule has 1 fully saturated rings. The van der Waals surface area contributed by atoms with E-state index in [0.29, 0.717) is 11.5 Å². The predicted molar refractivity (Wildman–Crippen MR) is 77.1 cm³/mol. The van der Waals surface area contributed by atoms with Crippen LogP contribution in [-0.4, -0.2) is 23.9 Å². The SMILES string of the molecule is CC(=O)c1cc(Br)cnc1N1CCC(C)C(C)C1. The average Bonchev–Trinajstić information content (AvgIpc) is 2.32. The summed E-state index contributed by atoms with van der Waals surface area (Å²) < 4.78 is 0.856. The molecule has 0 saturated carbocycles. The number of pyridine rings is 1. The quantitative estimate of drug-likeness (QED) is 0.783. The number of anilines is 1. The predicted octanol–water partition coefficient (Wildman–Crippen LogP) is 3.53. The van der Waals surface area contributed by atoms with E-state index in [-0.39, 0.29) is 5.78 Å². The van der Waals surface area contributed by atoms with Gasteiger partial charge in [-0.25, -0.2) is 4.98 Å². The van der Waals surface area contributed by atoms with E-state index < -0.39 is 0 Å². The van der Waals surface area contributed by atoms with Crippen molar-refractivity contribution in [3.8, 4) is 0 Å². The minimum atomic E-state index is 0.0741. The first-order chi connectivity index (χ1) is 8.49. The fraction of sp³-hybridized carbons (Fsp3) is 0.571. The maximum Gasteiger partial charge on any atom is 0.163 e. The average molecular weight is 311 g/mol. The van der Waals surface area contributed by atoms with Crippen LogP contribution in [0.3, 0.4) is 0 Å². The van der Waals surface area contributed by atoms with Gasteiger partial charge < -0.3 is 4.90 Å². The van der Waals surface area contributed by atoms with E-state index in [1.54, 1.807) is 13.1 Å². The lowest BCUT2D eigenvalue weighted by Gasteiger charge is -2.36. The Morgan fingerprint density at radius 1 is 1.44 bits per heavy atom. The summed E-state index contributed by atoms with van der Waals surface area (Å²) in [5.74, 6) is 2.30. The van der Waals surface area contributed by atoms with Gasteiger partial charge >= 0.3 is 0 Å². The van der Waals surface area contributed by atoms with Crippen LogP contribution in [0.2, 0.25) is 0 Å². The first-order valence-corrected chi connectivity index (χ1v) is 7.19. The zero-order valence-corrected chi connectivity index (χ0v) is 12.7. The summed E-state index contributed by atoms with van der Waals surface area (Å²) in [5.41, 5.74) is 0.714. The lowest BCUT2D eigenvalue weighted by molar-refractivity contribution is 0.101. The van der Waals surface area contributed by atoms with E-state index in [2.05, 4.69) is 39.7 Å². The summed E-state index contributed by atoms with van der Waals surface area (Å²) in [4.78, 5) is 18.4. The van der Waals surface area contributed by atoms with Crippen molar-refractivity contribution in [2.75, 3.05) is 18.0 Å². The van der Waals surface area contributed by atoms with Crippen LogP contribution >= 0.6 is 15.9 Å². The van der Waals surface area contributed by atoms with Gasteiger partial charge in [0.15, 0.2) is 5.78 Å². The molecule has 2 atom stereocenters. The van der Waals surface area contributed by atoms with Gasteiger partial charge in [0, 0.05) is 23.8 Å². The number of carbonyl (C=O) groups excluding carboxylic acids is 1. The van der Waals surface area contributed by atoms with Crippen molar-refractivity contribution in [2.45, 2.75) is 27.2 Å². The van der Waals surface area contributed by atoms with Crippen molar-refractivity contribution < 1.29 is 4.79 Å². The fourth-order valence-corrected chi connectivity index (χ4v) is 2.73. The number of hydrogen-bond acceptors (Lipinski definition) is 3. The molecule has 1 aromatic rings. The summed E-state index contributed by atoms with van der Waals surface area (Å²) in [6.07, 6.45) is 2.93. The smallest absolute Gasteiger partial charge is 0.163 e. The molecule has 98 valence electrons. The second kappa shape index (κ2) is 5.39. The molecule has 0 spiro atoms. The molecule has 0 aliphatic carbocycles. The number of carbonyl (C=O) groups is 1. The number of halogens is 1.